The van der Waals surface area contributed by atoms with Crippen molar-refractivity contribution in [2.75, 3.05) is 17.3 Å². The zero-order chi connectivity index (χ0) is 17.9. The van der Waals surface area contributed by atoms with Gasteiger partial charge in [0.25, 0.3) is 5.91 Å². The third kappa shape index (κ3) is 4.09. The highest BCUT2D eigenvalue weighted by atomic mass is 19.4. The van der Waals surface area contributed by atoms with Crippen molar-refractivity contribution in [1.29, 1.82) is 0 Å². The summed E-state index contributed by atoms with van der Waals surface area (Å²) in [6.45, 7) is 1.17. The molecule has 0 unspecified atom stereocenters. The first-order valence-corrected chi connectivity index (χ1v) is 6.86. The molecule has 0 bridgehead atoms. The number of halogens is 3. The van der Waals surface area contributed by atoms with Crippen molar-refractivity contribution in [3.8, 4) is 0 Å². The van der Waals surface area contributed by atoms with Crippen molar-refractivity contribution in [1.82, 2.24) is 4.98 Å². The summed E-state index contributed by atoms with van der Waals surface area (Å²) in [6, 6.07) is 5.94. The maximum absolute atomic E-state index is 13.0. The molecule has 8 heteroatoms. The van der Waals surface area contributed by atoms with Gasteiger partial charge in [-0.25, -0.2) is 0 Å². The second-order valence-electron chi connectivity index (χ2n) is 5.05. The van der Waals surface area contributed by atoms with E-state index in [4.69, 9.17) is 0 Å². The van der Waals surface area contributed by atoms with Gasteiger partial charge in [0.05, 0.1) is 17.4 Å². The zero-order valence-electron chi connectivity index (χ0n) is 12.9. The maximum Gasteiger partial charge on any atom is 0.416 e. The van der Waals surface area contributed by atoms with E-state index < -0.39 is 23.6 Å². The van der Waals surface area contributed by atoms with Crippen LogP contribution in [-0.4, -0.2) is 23.8 Å². The minimum absolute atomic E-state index is 0.0970. The first kappa shape index (κ1) is 17.5. The Balaban J connectivity index is 2.44. The Morgan fingerprint density at radius 1 is 1.21 bits per heavy atom. The van der Waals surface area contributed by atoms with Crippen LogP contribution in [-0.2, 0) is 11.0 Å². The number of rotatable bonds is 3. The summed E-state index contributed by atoms with van der Waals surface area (Å²) in [6.07, 6.45) is -1.71. The first-order chi connectivity index (χ1) is 11.2. The van der Waals surface area contributed by atoms with Crippen LogP contribution in [0.2, 0.25) is 0 Å². The quantitative estimate of drug-likeness (QED) is 0.934. The van der Waals surface area contributed by atoms with Crippen molar-refractivity contribution in [3.63, 3.8) is 0 Å². The number of aromatic nitrogens is 1. The number of carbonyl (C=O) groups excluding carboxylic acids is 2. The largest absolute Gasteiger partial charge is 0.416 e. The minimum atomic E-state index is -4.64. The number of anilines is 2. The van der Waals surface area contributed by atoms with Crippen molar-refractivity contribution in [2.45, 2.75) is 13.1 Å². The molecule has 126 valence electrons. The molecular weight excluding hydrogens is 323 g/mol. The highest BCUT2D eigenvalue weighted by Crippen LogP contribution is 2.32. The van der Waals surface area contributed by atoms with Gasteiger partial charge in [-0.05, 0) is 30.3 Å². The van der Waals surface area contributed by atoms with E-state index in [-0.39, 0.29) is 11.3 Å². The summed E-state index contributed by atoms with van der Waals surface area (Å²) >= 11 is 0. The number of alkyl halides is 3. The third-order valence-electron chi connectivity index (χ3n) is 3.17. The van der Waals surface area contributed by atoms with Gasteiger partial charge in [0.1, 0.15) is 0 Å². The molecule has 0 saturated carbocycles. The predicted molar refractivity (Wildman–Crippen MR) is 82.7 cm³/mol. The van der Waals surface area contributed by atoms with Gasteiger partial charge in [-0.2, -0.15) is 13.2 Å². The lowest BCUT2D eigenvalue weighted by Crippen LogP contribution is -2.27. The molecule has 0 aliphatic heterocycles. The van der Waals surface area contributed by atoms with E-state index in [0.717, 1.165) is 12.1 Å². The van der Waals surface area contributed by atoms with Crippen LogP contribution in [0.25, 0.3) is 0 Å². The fourth-order valence-electron chi connectivity index (χ4n) is 2.05. The van der Waals surface area contributed by atoms with Gasteiger partial charge < -0.3 is 10.2 Å². The van der Waals surface area contributed by atoms with Crippen molar-refractivity contribution >= 4 is 23.2 Å². The van der Waals surface area contributed by atoms with Gasteiger partial charge in [-0.3, -0.25) is 14.6 Å². The molecule has 0 fully saturated rings. The Kier molecular flexibility index (Phi) is 4.87. The van der Waals surface area contributed by atoms with Crippen molar-refractivity contribution < 1.29 is 22.8 Å². The highest BCUT2D eigenvalue weighted by molar-refractivity contribution is 6.06. The Hall–Kier alpha value is -2.90. The SMILES string of the molecule is CC(=O)Nc1cc(C(=O)N(C)c2cccnc2)cc(C(F)(F)F)c1. The van der Waals surface area contributed by atoms with E-state index >= 15 is 0 Å². The van der Waals surface area contributed by atoms with Crippen molar-refractivity contribution in [3.05, 3.63) is 53.9 Å². The second kappa shape index (κ2) is 6.69. The molecule has 1 N–H and O–H groups in total. The average Bonchev–Trinajstić information content (AvgIpc) is 2.52. The standard InChI is InChI=1S/C16H14F3N3O2/c1-10(23)21-13-7-11(6-12(8-13)16(17,18)19)15(24)22(2)14-4-3-5-20-9-14/h3-9H,1-2H3,(H,21,23). The van der Waals surface area contributed by atoms with Crippen LogP contribution in [0.1, 0.15) is 22.8 Å². The molecule has 1 aromatic carbocycles. The lowest BCUT2D eigenvalue weighted by molar-refractivity contribution is -0.137. The summed E-state index contributed by atoms with van der Waals surface area (Å²) in [5, 5.41) is 2.27. The molecular formula is C16H14F3N3O2. The molecule has 2 amide bonds. The normalized spacial score (nSPS) is 11.0. The van der Waals surface area contributed by atoms with Crippen molar-refractivity contribution in [2.24, 2.45) is 0 Å². The molecule has 5 nitrogen and oxygen atoms in total. The van der Waals surface area contributed by atoms with Crippen LogP contribution in [0.4, 0.5) is 24.5 Å². The molecule has 1 aromatic heterocycles. The monoisotopic (exact) mass is 337 g/mol. The molecule has 2 rings (SSSR count). The molecule has 1 heterocycles. The van der Waals surface area contributed by atoms with Gasteiger partial charge in [-0.1, -0.05) is 0 Å². The predicted octanol–water partition coefficient (Wildman–Crippen LogP) is 3.34. The average molecular weight is 337 g/mol. The lowest BCUT2D eigenvalue weighted by Gasteiger charge is -2.18. The first-order valence-electron chi connectivity index (χ1n) is 6.86. The van der Waals surface area contributed by atoms with Crippen LogP contribution in [0, 0.1) is 0 Å². The molecule has 0 atom stereocenters. The molecule has 0 aliphatic carbocycles. The zero-order valence-corrected chi connectivity index (χ0v) is 12.9. The highest BCUT2D eigenvalue weighted by Gasteiger charge is 2.32. The number of hydrogen-bond donors (Lipinski definition) is 1. The Bertz CT molecular complexity index is 761. The van der Waals surface area contributed by atoms with Gasteiger partial charge >= 0.3 is 6.18 Å². The number of amides is 2. The van der Waals surface area contributed by atoms with Gasteiger partial charge in [0.15, 0.2) is 0 Å². The Morgan fingerprint density at radius 2 is 1.92 bits per heavy atom. The van der Waals surface area contributed by atoms with Crippen LogP contribution < -0.4 is 10.2 Å². The molecule has 0 saturated heterocycles. The number of carbonyl (C=O) groups is 2. The minimum Gasteiger partial charge on any atom is -0.326 e. The maximum atomic E-state index is 13.0. The summed E-state index contributed by atoms with van der Waals surface area (Å²) in [5.74, 6) is -1.19. The molecule has 24 heavy (non-hydrogen) atoms. The number of nitrogens with zero attached hydrogens (tertiary/aromatic N) is 2. The van der Waals surface area contributed by atoms with E-state index in [1.54, 1.807) is 12.1 Å². The van der Waals surface area contributed by atoms with Gasteiger partial charge in [-0.15, -0.1) is 0 Å². The number of nitrogens with one attached hydrogen (secondary N) is 1. The molecule has 0 spiro atoms. The fourth-order valence-corrected chi connectivity index (χ4v) is 2.05. The smallest absolute Gasteiger partial charge is 0.326 e. The second-order valence-corrected chi connectivity index (χ2v) is 5.05. The Labute approximate surface area is 136 Å². The lowest BCUT2D eigenvalue weighted by atomic mass is 10.1. The van der Waals surface area contributed by atoms with Gasteiger partial charge in [0.2, 0.25) is 5.91 Å². The van der Waals surface area contributed by atoms with E-state index in [1.165, 1.54) is 37.3 Å². The number of benzene rings is 1. The van der Waals surface area contributed by atoms with E-state index in [9.17, 15) is 22.8 Å². The Morgan fingerprint density at radius 3 is 2.46 bits per heavy atom. The summed E-state index contributed by atoms with van der Waals surface area (Å²) in [4.78, 5) is 28.6. The van der Waals surface area contributed by atoms with Crippen LogP contribution in [0.5, 0.6) is 0 Å². The number of hydrogen-bond acceptors (Lipinski definition) is 3. The van der Waals surface area contributed by atoms with E-state index in [2.05, 4.69) is 10.3 Å². The van der Waals surface area contributed by atoms with Crippen LogP contribution in [0.3, 0.4) is 0 Å². The fraction of sp³-hybridized carbons (Fsp3) is 0.188. The van der Waals surface area contributed by atoms with E-state index in [1.807, 2.05) is 0 Å². The van der Waals surface area contributed by atoms with Crippen LogP contribution >= 0.6 is 0 Å². The topological polar surface area (TPSA) is 62.3 Å². The summed E-state index contributed by atoms with van der Waals surface area (Å²) < 4.78 is 39.1. The molecule has 0 radical (unpaired) electrons. The van der Waals surface area contributed by atoms with E-state index in [0.29, 0.717) is 5.69 Å². The van der Waals surface area contributed by atoms with Gasteiger partial charge in [0, 0.05) is 31.4 Å². The number of pyridine rings is 1. The molecule has 0 aliphatic rings. The third-order valence-corrected chi connectivity index (χ3v) is 3.17. The van der Waals surface area contributed by atoms with Crippen LogP contribution in [0.15, 0.2) is 42.7 Å². The summed E-state index contributed by atoms with van der Waals surface area (Å²) in [7, 11) is 1.43. The summed E-state index contributed by atoms with van der Waals surface area (Å²) in [5.41, 5.74) is -0.877. The molecule has 2 aromatic rings.